The van der Waals surface area contributed by atoms with Crippen molar-refractivity contribution in [3.63, 3.8) is 0 Å². The molecule has 1 fully saturated rings. The maximum absolute atomic E-state index is 14.7. The smallest absolute Gasteiger partial charge is 0.242 e. The van der Waals surface area contributed by atoms with Crippen LogP contribution in [0.2, 0.25) is 0 Å². The fraction of sp³-hybridized carbons (Fsp3) is 0.208. The first-order valence-corrected chi connectivity index (χ1v) is 10.3. The van der Waals surface area contributed by atoms with Crippen LogP contribution in [0.1, 0.15) is 24.0 Å². The predicted octanol–water partition coefficient (Wildman–Crippen LogP) is 3.57. The standard InChI is InChI=1S/C24H19F3N4O2/c25-16-4-1-13(2-5-16)21-10-14(3-6-22(32)30-20-7-8-29-24(20)33)23(31-21)17-11-18(26)15(12-28)9-19(17)27/h1-2,4-5,9-11,20,31H,3,6-8H2,(H,29,33)(H,30,32). The van der Waals surface area contributed by atoms with E-state index in [9.17, 15) is 22.8 Å². The summed E-state index contributed by atoms with van der Waals surface area (Å²) in [6.45, 7) is 0.496. The van der Waals surface area contributed by atoms with E-state index in [0.717, 1.165) is 12.1 Å². The molecule has 168 valence electrons. The summed E-state index contributed by atoms with van der Waals surface area (Å²) >= 11 is 0. The largest absolute Gasteiger partial charge is 0.354 e. The number of amides is 2. The van der Waals surface area contributed by atoms with Crippen molar-refractivity contribution in [3.05, 3.63) is 71.0 Å². The van der Waals surface area contributed by atoms with Crippen molar-refractivity contribution in [2.75, 3.05) is 6.54 Å². The van der Waals surface area contributed by atoms with Gasteiger partial charge in [0, 0.05) is 24.2 Å². The topological polar surface area (TPSA) is 97.8 Å². The van der Waals surface area contributed by atoms with Crippen LogP contribution in [0.5, 0.6) is 0 Å². The molecular weight excluding hydrogens is 433 g/mol. The lowest BCUT2D eigenvalue weighted by Gasteiger charge is -2.10. The van der Waals surface area contributed by atoms with E-state index in [1.807, 2.05) is 0 Å². The van der Waals surface area contributed by atoms with Gasteiger partial charge in [-0.1, -0.05) is 0 Å². The van der Waals surface area contributed by atoms with Gasteiger partial charge in [-0.2, -0.15) is 5.26 Å². The Kier molecular flexibility index (Phi) is 6.18. The van der Waals surface area contributed by atoms with E-state index in [2.05, 4.69) is 15.6 Å². The highest BCUT2D eigenvalue weighted by molar-refractivity contribution is 5.89. The van der Waals surface area contributed by atoms with Gasteiger partial charge in [0.1, 0.15) is 29.6 Å². The SMILES string of the molecule is N#Cc1cc(F)c(-c2[nH]c(-c3ccc(F)cc3)cc2CCC(=O)NC2CCNC2=O)cc1F. The van der Waals surface area contributed by atoms with E-state index in [1.54, 1.807) is 12.1 Å². The number of carbonyl (C=O) groups excluding carboxylic acids is 2. The van der Waals surface area contributed by atoms with Crippen LogP contribution in [0.25, 0.3) is 22.5 Å². The van der Waals surface area contributed by atoms with Crippen LogP contribution in [0.4, 0.5) is 13.2 Å². The van der Waals surface area contributed by atoms with Gasteiger partial charge in [-0.05, 0) is 66.4 Å². The first-order valence-electron chi connectivity index (χ1n) is 10.3. The minimum Gasteiger partial charge on any atom is -0.354 e. The molecule has 0 spiro atoms. The zero-order chi connectivity index (χ0) is 23.5. The third-order valence-corrected chi connectivity index (χ3v) is 5.51. The molecular formula is C24H19F3N4O2. The van der Waals surface area contributed by atoms with E-state index in [0.29, 0.717) is 29.8 Å². The van der Waals surface area contributed by atoms with Gasteiger partial charge in [0.25, 0.3) is 0 Å². The number of hydrogen-bond acceptors (Lipinski definition) is 3. The van der Waals surface area contributed by atoms with Crippen molar-refractivity contribution < 1.29 is 22.8 Å². The first-order chi connectivity index (χ1) is 15.9. The molecule has 1 aliphatic rings. The Labute approximate surface area is 187 Å². The molecule has 1 atom stereocenters. The minimum absolute atomic E-state index is 0.0118. The van der Waals surface area contributed by atoms with Gasteiger partial charge in [0.05, 0.1) is 11.3 Å². The maximum Gasteiger partial charge on any atom is 0.242 e. The molecule has 4 rings (SSSR count). The number of nitrogens with one attached hydrogen (secondary N) is 3. The van der Waals surface area contributed by atoms with Gasteiger partial charge in [-0.25, -0.2) is 13.2 Å². The highest BCUT2D eigenvalue weighted by Crippen LogP contribution is 2.32. The third kappa shape index (κ3) is 4.75. The molecule has 9 heteroatoms. The van der Waals surface area contributed by atoms with Gasteiger partial charge in [-0.15, -0.1) is 0 Å². The summed E-state index contributed by atoms with van der Waals surface area (Å²) in [6.07, 6.45) is 0.691. The molecule has 2 heterocycles. The molecule has 0 aliphatic carbocycles. The molecule has 1 saturated heterocycles. The van der Waals surface area contributed by atoms with E-state index in [-0.39, 0.29) is 35.9 Å². The molecule has 3 aromatic rings. The highest BCUT2D eigenvalue weighted by atomic mass is 19.1. The number of halogens is 3. The monoisotopic (exact) mass is 452 g/mol. The number of nitriles is 1. The van der Waals surface area contributed by atoms with E-state index in [4.69, 9.17) is 5.26 Å². The van der Waals surface area contributed by atoms with Crippen LogP contribution in [-0.4, -0.2) is 29.4 Å². The Morgan fingerprint density at radius 3 is 2.55 bits per heavy atom. The summed E-state index contributed by atoms with van der Waals surface area (Å²) in [4.78, 5) is 27.1. The van der Waals surface area contributed by atoms with Crippen molar-refractivity contribution in [1.29, 1.82) is 5.26 Å². The lowest BCUT2D eigenvalue weighted by atomic mass is 10.0. The summed E-state index contributed by atoms with van der Waals surface area (Å²) < 4.78 is 42.3. The summed E-state index contributed by atoms with van der Waals surface area (Å²) in [5, 5.41) is 14.3. The van der Waals surface area contributed by atoms with Crippen molar-refractivity contribution in [2.24, 2.45) is 0 Å². The van der Waals surface area contributed by atoms with Gasteiger partial charge in [-0.3, -0.25) is 9.59 Å². The highest BCUT2D eigenvalue weighted by Gasteiger charge is 2.25. The summed E-state index contributed by atoms with van der Waals surface area (Å²) in [5.74, 6) is -2.67. The van der Waals surface area contributed by atoms with Gasteiger partial charge >= 0.3 is 0 Å². The van der Waals surface area contributed by atoms with Gasteiger partial charge in [0.15, 0.2) is 0 Å². The number of rotatable bonds is 6. The number of aromatic amines is 1. The number of aryl methyl sites for hydroxylation is 1. The fourth-order valence-corrected chi connectivity index (χ4v) is 3.79. The van der Waals surface area contributed by atoms with Crippen LogP contribution in [0, 0.1) is 28.8 Å². The van der Waals surface area contributed by atoms with E-state index < -0.39 is 29.1 Å². The summed E-state index contributed by atoms with van der Waals surface area (Å²) in [7, 11) is 0. The Bertz CT molecular complexity index is 1260. The fourth-order valence-electron chi connectivity index (χ4n) is 3.79. The predicted molar refractivity (Wildman–Crippen MR) is 114 cm³/mol. The average Bonchev–Trinajstić information content (AvgIpc) is 3.40. The number of benzene rings is 2. The second-order valence-corrected chi connectivity index (χ2v) is 7.71. The zero-order valence-electron chi connectivity index (χ0n) is 17.3. The molecule has 0 saturated carbocycles. The van der Waals surface area contributed by atoms with E-state index in [1.165, 1.54) is 24.3 Å². The molecule has 33 heavy (non-hydrogen) atoms. The van der Waals surface area contributed by atoms with Gasteiger partial charge in [0.2, 0.25) is 11.8 Å². The van der Waals surface area contributed by atoms with E-state index >= 15 is 0 Å². The Morgan fingerprint density at radius 2 is 1.88 bits per heavy atom. The molecule has 1 aliphatic heterocycles. The van der Waals surface area contributed by atoms with Crippen LogP contribution in [-0.2, 0) is 16.0 Å². The Balaban J connectivity index is 1.65. The average molecular weight is 452 g/mol. The summed E-state index contributed by atoms with van der Waals surface area (Å²) in [5.41, 5.74) is 1.41. The number of H-pyrrole nitrogens is 1. The minimum atomic E-state index is -0.872. The number of aromatic nitrogens is 1. The van der Waals surface area contributed by atoms with Crippen LogP contribution in [0.3, 0.4) is 0 Å². The zero-order valence-corrected chi connectivity index (χ0v) is 17.3. The molecule has 2 aromatic carbocycles. The van der Waals surface area contributed by atoms with Crippen LogP contribution in [0.15, 0.2) is 42.5 Å². The van der Waals surface area contributed by atoms with Gasteiger partial charge < -0.3 is 15.6 Å². The first kappa shape index (κ1) is 22.1. The maximum atomic E-state index is 14.7. The van der Waals surface area contributed by atoms with Crippen molar-refractivity contribution in [3.8, 4) is 28.6 Å². The second-order valence-electron chi connectivity index (χ2n) is 7.71. The lowest BCUT2D eigenvalue weighted by molar-refractivity contribution is -0.127. The van der Waals surface area contributed by atoms with Crippen molar-refractivity contribution in [2.45, 2.75) is 25.3 Å². The molecule has 6 nitrogen and oxygen atoms in total. The molecule has 0 bridgehead atoms. The second kappa shape index (κ2) is 9.20. The van der Waals surface area contributed by atoms with Crippen LogP contribution < -0.4 is 10.6 Å². The molecule has 1 aromatic heterocycles. The van der Waals surface area contributed by atoms with Crippen molar-refractivity contribution in [1.82, 2.24) is 15.6 Å². The normalized spacial score (nSPS) is 15.2. The third-order valence-electron chi connectivity index (χ3n) is 5.51. The molecule has 0 radical (unpaired) electrons. The quantitative estimate of drug-likeness (QED) is 0.533. The molecule has 1 unspecified atom stereocenters. The van der Waals surface area contributed by atoms with Crippen molar-refractivity contribution >= 4 is 11.8 Å². The molecule has 2 amide bonds. The number of carbonyl (C=O) groups is 2. The Morgan fingerprint density at radius 1 is 1.12 bits per heavy atom. The lowest BCUT2D eigenvalue weighted by Crippen LogP contribution is -2.40. The summed E-state index contributed by atoms with van der Waals surface area (Å²) in [6, 6.07) is 10.1. The Hall–Kier alpha value is -4.06. The number of nitrogens with zero attached hydrogens (tertiary/aromatic N) is 1. The molecule has 3 N–H and O–H groups in total. The number of hydrogen-bond donors (Lipinski definition) is 3. The van der Waals surface area contributed by atoms with Crippen LogP contribution >= 0.6 is 0 Å².